The van der Waals surface area contributed by atoms with Crippen LogP contribution in [0.2, 0.25) is 0 Å². The van der Waals surface area contributed by atoms with E-state index >= 15 is 0 Å². The molecule has 0 fully saturated rings. The standard InChI is InChI=1S/C17H26O3/c1-5-20-17(18)15(12-13(2)3)11-10-14-8-6-7-9-16(14)19-4/h6-9,13,15H,5,10-12H2,1-4H3. The van der Waals surface area contributed by atoms with Crippen LogP contribution in [0.1, 0.15) is 39.2 Å². The number of para-hydroxylation sites is 1. The Kier molecular flexibility index (Phi) is 7.13. The van der Waals surface area contributed by atoms with Crippen LogP contribution in [0, 0.1) is 11.8 Å². The van der Waals surface area contributed by atoms with Crippen LogP contribution >= 0.6 is 0 Å². The van der Waals surface area contributed by atoms with Crippen molar-refractivity contribution in [3.63, 3.8) is 0 Å². The smallest absolute Gasteiger partial charge is 0.308 e. The molecule has 0 amide bonds. The highest BCUT2D eigenvalue weighted by Crippen LogP contribution is 2.24. The number of methoxy groups -OCH3 is 1. The molecule has 0 aliphatic heterocycles. The number of hydrogen-bond donors (Lipinski definition) is 0. The second-order valence-corrected chi connectivity index (χ2v) is 5.43. The van der Waals surface area contributed by atoms with E-state index in [2.05, 4.69) is 19.9 Å². The molecule has 0 spiro atoms. The average molecular weight is 278 g/mol. The van der Waals surface area contributed by atoms with Crippen molar-refractivity contribution in [1.82, 2.24) is 0 Å². The predicted molar refractivity (Wildman–Crippen MR) is 80.9 cm³/mol. The van der Waals surface area contributed by atoms with E-state index in [1.807, 2.05) is 25.1 Å². The minimum atomic E-state index is -0.0731. The quantitative estimate of drug-likeness (QED) is 0.677. The van der Waals surface area contributed by atoms with Gasteiger partial charge in [-0.1, -0.05) is 32.0 Å². The van der Waals surface area contributed by atoms with Gasteiger partial charge in [-0.2, -0.15) is 0 Å². The molecule has 0 saturated heterocycles. The first-order valence-electron chi connectivity index (χ1n) is 7.37. The third-order valence-electron chi connectivity index (χ3n) is 3.33. The molecule has 0 aromatic heterocycles. The molecule has 1 rings (SSSR count). The van der Waals surface area contributed by atoms with Crippen LogP contribution in [0.15, 0.2) is 24.3 Å². The fraction of sp³-hybridized carbons (Fsp3) is 0.588. The Morgan fingerprint density at radius 1 is 1.25 bits per heavy atom. The van der Waals surface area contributed by atoms with Gasteiger partial charge in [-0.05, 0) is 43.7 Å². The molecule has 112 valence electrons. The summed E-state index contributed by atoms with van der Waals surface area (Å²) in [6.07, 6.45) is 2.51. The number of benzene rings is 1. The summed E-state index contributed by atoms with van der Waals surface area (Å²) in [6.45, 7) is 6.57. The van der Waals surface area contributed by atoms with Gasteiger partial charge in [0, 0.05) is 0 Å². The molecule has 0 aliphatic carbocycles. The van der Waals surface area contributed by atoms with Crippen LogP contribution in [-0.4, -0.2) is 19.7 Å². The third kappa shape index (κ3) is 5.24. The van der Waals surface area contributed by atoms with Crippen LogP contribution in [0.4, 0.5) is 0 Å². The topological polar surface area (TPSA) is 35.5 Å². The lowest BCUT2D eigenvalue weighted by molar-refractivity contribution is -0.148. The lowest BCUT2D eigenvalue weighted by Gasteiger charge is -2.18. The van der Waals surface area contributed by atoms with Crippen molar-refractivity contribution in [3.05, 3.63) is 29.8 Å². The van der Waals surface area contributed by atoms with Gasteiger partial charge in [0.2, 0.25) is 0 Å². The fourth-order valence-electron chi connectivity index (χ4n) is 2.40. The molecule has 1 atom stereocenters. The Balaban J connectivity index is 2.67. The normalized spacial score (nSPS) is 12.2. The second-order valence-electron chi connectivity index (χ2n) is 5.43. The molecule has 0 aliphatic rings. The van der Waals surface area contributed by atoms with Gasteiger partial charge in [0.25, 0.3) is 0 Å². The third-order valence-corrected chi connectivity index (χ3v) is 3.33. The van der Waals surface area contributed by atoms with Gasteiger partial charge >= 0.3 is 5.97 Å². The number of esters is 1. The van der Waals surface area contributed by atoms with Crippen molar-refractivity contribution in [3.8, 4) is 5.75 Å². The summed E-state index contributed by atoms with van der Waals surface area (Å²) in [7, 11) is 1.68. The minimum absolute atomic E-state index is 0.0279. The summed E-state index contributed by atoms with van der Waals surface area (Å²) in [6, 6.07) is 7.96. The molecular formula is C17H26O3. The van der Waals surface area contributed by atoms with Crippen molar-refractivity contribution >= 4 is 5.97 Å². The highest BCUT2D eigenvalue weighted by molar-refractivity contribution is 5.72. The van der Waals surface area contributed by atoms with Crippen LogP contribution in [-0.2, 0) is 16.0 Å². The summed E-state index contributed by atoms with van der Waals surface area (Å²) in [4.78, 5) is 12.0. The molecule has 3 nitrogen and oxygen atoms in total. The zero-order valence-electron chi connectivity index (χ0n) is 13.0. The fourth-order valence-corrected chi connectivity index (χ4v) is 2.40. The summed E-state index contributed by atoms with van der Waals surface area (Å²) < 4.78 is 10.5. The van der Waals surface area contributed by atoms with Crippen molar-refractivity contribution in [2.75, 3.05) is 13.7 Å². The van der Waals surface area contributed by atoms with Crippen LogP contribution in [0.25, 0.3) is 0 Å². The van der Waals surface area contributed by atoms with Gasteiger partial charge in [0.05, 0.1) is 19.6 Å². The first-order chi connectivity index (χ1) is 9.58. The van der Waals surface area contributed by atoms with Crippen molar-refractivity contribution in [1.29, 1.82) is 0 Å². The molecule has 0 saturated carbocycles. The van der Waals surface area contributed by atoms with Crippen LogP contribution < -0.4 is 4.74 Å². The van der Waals surface area contributed by atoms with Gasteiger partial charge in [0.1, 0.15) is 5.75 Å². The molecule has 20 heavy (non-hydrogen) atoms. The van der Waals surface area contributed by atoms with Crippen molar-refractivity contribution < 1.29 is 14.3 Å². The van der Waals surface area contributed by atoms with E-state index in [1.165, 1.54) is 0 Å². The largest absolute Gasteiger partial charge is 0.496 e. The molecular weight excluding hydrogens is 252 g/mol. The number of aryl methyl sites for hydroxylation is 1. The molecule has 0 N–H and O–H groups in total. The highest BCUT2D eigenvalue weighted by Gasteiger charge is 2.21. The molecule has 3 heteroatoms. The number of ether oxygens (including phenoxy) is 2. The van der Waals surface area contributed by atoms with E-state index in [0.717, 1.165) is 30.6 Å². The molecule has 1 aromatic rings. The van der Waals surface area contributed by atoms with E-state index in [0.29, 0.717) is 12.5 Å². The summed E-state index contributed by atoms with van der Waals surface area (Å²) >= 11 is 0. The Morgan fingerprint density at radius 2 is 1.95 bits per heavy atom. The second kappa shape index (κ2) is 8.62. The van der Waals surface area contributed by atoms with Gasteiger partial charge in [-0.3, -0.25) is 4.79 Å². The Hall–Kier alpha value is -1.51. The first-order valence-corrected chi connectivity index (χ1v) is 7.37. The minimum Gasteiger partial charge on any atom is -0.496 e. The zero-order chi connectivity index (χ0) is 15.0. The molecule has 0 heterocycles. The molecule has 0 bridgehead atoms. The molecule has 0 radical (unpaired) electrons. The van der Waals surface area contributed by atoms with Crippen LogP contribution in [0.5, 0.6) is 5.75 Å². The monoisotopic (exact) mass is 278 g/mol. The first kappa shape index (κ1) is 16.5. The maximum atomic E-state index is 12.0. The number of rotatable bonds is 8. The van der Waals surface area contributed by atoms with Gasteiger partial charge < -0.3 is 9.47 Å². The molecule has 1 aromatic carbocycles. The average Bonchev–Trinajstić information content (AvgIpc) is 2.43. The van der Waals surface area contributed by atoms with Gasteiger partial charge in [-0.25, -0.2) is 0 Å². The zero-order valence-corrected chi connectivity index (χ0v) is 13.0. The van der Waals surface area contributed by atoms with Crippen molar-refractivity contribution in [2.24, 2.45) is 11.8 Å². The summed E-state index contributed by atoms with van der Waals surface area (Å²) in [5, 5.41) is 0. The number of carbonyl (C=O) groups excluding carboxylic acids is 1. The van der Waals surface area contributed by atoms with E-state index in [9.17, 15) is 4.79 Å². The summed E-state index contributed by atoms with van der Waals surface area (Å²) in [5.41, 5.74) is 1.15. The van der Waals surface area contributed by atoms with Gasteiger partial charge in [0.15, 0.2) is 0 Å². The van der Waals surface area contributed by atoms with Gasteiger partial charge in [-0.15, -0.1) is 0 Å². The lowest BCUT2D eigenvalue weighted by Crippen LogP contribution is -2.20. The summed E-state index contributed by atoms with van der Waals surface area (Å²) in [5.74, 6) is 1.28. The predicted octanol–water partition coefficient (Wildman–Crippen LogP) is 3.85. The maximum absolute atomic E-state index is 12.0. The Bertz CT molecular complexity index is 412. The van der Waals surface area contributed by atoms with E-state index < -0.39 is 0 Å². The van der Waals surface area contributed by atoms with Crippen molar-refractivity contribution in [2.45, 2.75) is 40.0 Å². The van der Waals surface area contributed by atoms with E-state index in [4.69, 9.17) is 9.47 Å². The van der Waals surface area contributed by atoms with Crippen LogP contribution in [0.3, 0.4) is 0 Å². The number of carbonyl (C=O) groups is 1. The number of hydrogen-bond acceptors (Lipinski definition) is 3. The van der Waals surface area contributed by atoms with E-state index in [-0.39, 0.29) is 11.9 Å². The SMILES string of the molecule is CCOC(=O)C(CCc1ccccc1OC)CC(C)C. The van der Waals surface area contributed by atoms with E-state index in [1.54, 1.807) is 7.11 Å². The Labute approximate surface area is 122 Å². The lowest BCUT2D eigenvalue weighted by atomic mass is 9.91. The Morgan fingerprint density at radius 3 is 2.55 bits per heavy atom. The molecule has 1 unspecified atom stereocenters. The highest BCUT2D eigenvalue weighted by atomic mass is 16.5. The maximum Gasteiger partial charge on any atom is 0.308 e.